The van der Waals surface area contributed by atoms with E-state index in [9.17, 15) is 19.5 Å². The SMILES string of the molecule is [N-]=[N+]=CC(=O)CC[C@H](NC(=O)[C@@H](O)c1ccc(O)cc1)C(=O)O. The molecule has 0 aliphatic heterocycles. The van der Waals surface area contributed by atoms with E-state index in [1.165, 1.54) is 24.3 Å². The molecule has 0 heterocycles. The minimum absolute atomic E-state index is 0.0474. The van der Waals surface area contributed by atoms with Crippen molar-refractivity contribution in [3.63, 3.8) is 0 Å². The lowest BCUT2D eigenvalue weighted by atomic mass is 10.1. The van der Waals surface area contributed by atoms with Gasteiger partial charge in [-0.25, -0.2) is 4.79 Å². The van der Waals surface area contributed by atoms with Crippen LogP contribution in [0.25, 0.3) is 5.53 Å². The van der Waals surface area contributed by atoms with Gasteiger partial charge in [0.05, 0.1) is 0 Å². The minimum Gasteiger partial charge on any atom is -0.508 e. The Hall–Kier alpha value is -3.03. The van der Waals surface area contributed by atoms with Gasteiger partial charge in [-0.2, -0.15) is 4.79 Å². The normalized spacial score (nSPS) is 12.6. The second kappa shape index (κ2) is 8.42. The zero-order chi connectivity index (χ0) is 17.4. The van der Waals surface area contributed by atoms with E-state index < -0.39 is 29.8 Å². The highest BCUT2D eigenvalue weighted by Gasteiger charge is 2.25. The molecule has 1 amide bonds. The van der Waals surface area contributed by atoms with Crippen molar-refractivity contribution < 1.29 is 34.5 Å². The number of hydrogen-bond donors (Lipinski definition) is 4. The number of aliphatic carboxylic acids is 1. The first-order chi connectivity index (χ1) is 10.8. The van der Waals surface area contributed by atoms with E-state index in [1.807, 2.05) is 0 Å². The molecule has 0 aliphatic carbocycles. The summed E-state index contributed by atoms with van der Waals surface area (Å²) in [7, 11) is 0. The Morgan fingerprint density at radius 2 is 1.87 bits per heavy atom. The summed E-state index contributed by atoms with van der Waals surface area (Å²) in [4.78, 5) is 36.6. The number of hydrogen-bond acceptors (Lipinski definition) is 5. The summed E-state index contributed by atoms with van der Waals surface area (Å²) in [5.41, 5.74) is 8.36. The van der Waals surface area contributed by atoms with Gasteiger partial charge in [0, 0.05) is 6.42 Å². The number of carbonyl (C=O) groups is 3. The Kier molecular flexibility index (Phi) is 6.60. The van der Waals surface area contributed by atoms with Crippen LogP contribution in [0.3, 0.4) is 0 Å². The minimum atomic E-state index is -1.62. The number of carbonyl (C=O) groups excluding carboxylic acids is 2. The van der Waals surface area contributed by atoms with Gasteiger partial charge < -0.3 is 26.2 Å². The first kappa shape index (κ1) is 18.0. The number of phenolic OH excluding ortho intramolecular Hbond substituents is 1. The average molecular weight is 321 g/mol. The van der Waals surface area contributed by atoms with Crippen LogP contribution in [0.4, 0.5) is 0 Å². The molecule has 0 saturated heterocycles. The van der Waals surface area contributed by atoms with E-state index in [1.54, 1.807) is 0 Å². The number of rotatable bonds is 8. The lowest BCUT2D eigenvalue weighted by Gasteiger charge is -2.17. The van der Waals surface area contributed by atoms with Crippen molar-refractivity contribution in [1.29, 1.82) is 0 Å². The van der Waals surface area contributed by atoms with Crippen LogP contribution in [0.2, 0.25) is 0 Å². The summed E-state index contributed by atoms with van der Waals surface area (Å²) in [6.45, 7) is 0. The molecule has 1 rings (SSSR count). The zero-order valence-corrected chi connectivity index (χ0v) is 11.9. The number of Topliss-reactive ketones (excluding diaryl/α,β-unsaturated/α-hetero) is 1. The third-order valence-electron chi connectivity index (χ3n) is 2.95. The molecule has 1 aromatic rings. The standard InChI is InChI=1S/C14H15N3O6/c15-16-7-10(19)5-6-11(14(22)23)17-13(21)12(20)8-1-3-9(18)4-2-8/h1-4,7,11-12,18,20H,5-6H2,(H,17,21)(H,22,23)/t11-,12-/m0/s1. The molecule has 0 radical (unpaired) electrons. The summed E-state index contributed by atoms with van der Waals surface area (Å²) in [5.74, 6) is -2.97. The number of aromatic hydroxyl groups is 1. The van der Waals surface area contributed by atoms with Gasteiger partial charge in [0.1, 0.15) is 11.8 Å². The van der Waals surface area contributed by atoms with Crippen molar-refractivity contribution >= 4 is 23.9 Å². The number of nitrogens with zero attached hydrogens (tertiary/aromatic N) is 2. The molecule has 0 saturated carbocycles. The van der Waals surface area contributed by atoms with Gasteiger partial charge in [-0.3, -0.25) is 9.59 Å². The highest BCUT2D eigenvalue weighted by Crippen LogP contribution is 2.17. The van der Waals surface area contributed by atoms with Crippen molar-refractivity contribution in [2.45, 2.75) is 25.0 Å². The van der Waals surface area contributed by atoms with Gasteiger partial charge in [0.15, 0.2) is 6.10 Å². The molecule has 0 spiro atoms. The Bertz CT molecular complexity index is 636. The molecule has 0 fully saturated rings. The number of carboxylic acids is 1. The first-order valence-electron chi connectivity index (χ1n) is 6.55. The molecular weight excluding hydrogens is 306 g/mol. The molecule has 0 aliphatic rings. The molecule has 9 heteroatoms. The quantitative estimate of drug-likeness (QED) is 0.290. The Labute approximate surface area is 130 Å². The Morgan fingerprint density at radius 3 is 2.39 bits per heavy atom. The van der Waals surface area contributed by atoms with Gasteiger partial charge in [0.2, 0.25) is 5.78 Å². The lowest BCUT2D eigenvalue weighted by molar-refractivity contribution is -0.143. The van der Waals surface area contributed by atoms with Gasteiger partial charge >= 0.3 is 12.2 Å². The maximum Gasteiger partial charge on any atom is 0.326 e. The van der Waals surface area contributed by atoms with Crippen LogP contribution in [0.1, 0.15) is 24.5 Å². The highest BCUT2D eigenvalue weighted by atomic mass is 16.4. The van der Waals surface area contributed by atoms with Crippen molar-refractivity contribution in [2.75, 3.05) is 0 Å². The van der Waals surface area contributed by atoms with Crippen molar-refractivity contribution in [3.05, 3.63) is 35.4 Å². The maximum atomic E-state index is 11.9. The molecule has 9 nitrogen and oxygen atoms in total. The summed E-state index contributed by atoms with van der Waals surface area (Å²) in [6, 6.07) is 3.79. The van der Waals surface area contributed by atoms with Crippen LogP contribution in [0, 0.1) is 0 Å². The van der Waals surface area contributed by atoms with Crippen LogP contribution in [0.5, 0.6) is 5.75 Å². The van der Waals surface area contributed by atoms with E-state index in [0.29, 0.717) is 6.21 Å². The monoisotopic (exact) mass is 321 g/mol. The molecule has 122 valence electrons. The van der Waals surface area contributed by atoms with Gasteiger partial charge in [-0.15, -0.1) is 0 Å². The fourth-order valence-corrected chi connectivity index (χ4v) is 1.73. The van der Waals surface area contributed by atoms with E-state index in [2.05, 4.69) is 10.1 Å². The van der Waals surface area contributed by atoms with Gasteiger partial charge in [0.25, 0.3) is 5.91 Å². The number of benzene rings is 1. The number of amides is 1. The van der Waals surface area contributed by atoms with Crippen molar-refractivity contribution in [1.82, 2.24) is 5.32 Å². The van der Waals surface area contributed by atoms with Crippen LogP contribution in [-0.4, -0.2) is 50.0 Å². The molecule has 0 unspecified atom stereocenters. The zero-order valence-electron chi connectivity index (χ0n) is 11.9. The number of ketones is 1. The third kappa shape index (κ3) is 5.70. The lowest BCUT2D eigenvalue weighted by Crippen LogP contribution is -2.43. The largest absolute Gasteiger partial charge is 0.508 e. The molecule has 0 aromatic heterocycles. The first-order valence-corrected chi connectivity index (χ1v) is 6.55. The highest BCUT2D eigenvalue weighted by molar-refractivity contribution is 6.25. The molecule has 0 bridgehead atoms. The Morgan fingerprint density at radius 1 is 1.26 bits per heavy atom. The van der Waals surface area contributed by atoms with E-state index in [0.717, 1.165) is 0 Å². The summed E-state index contributed by atoms with van der Waals surface area (Å²) in [5, 5.41) is 30.2. The maximum absolute atomic E-state index is 11.9. The summed E-state index contributed by atoms with van der Waals surface area (Å²) >= 11 is 0. The third-order valence-corrected chi connectivity index (χ3v) is 2.95. The molecule has 1 aromatic carbocycles. The second-order valence-electron chi connectivity index (χ2n) is 4.64. The molecule has 4 N–H and O–H groups in total. The second-order valence-corrected chi connectivity index (χ2v) is 4.64. The summed E-state index contributed by atoms with van der Waals surface area (Å²) < 4.78 is 0. The fourth-order valence-electron chi connectivity index (χ4n) is 1.73. The van der Waals surface area contributed by atoms with Gasteiger partial charge in [-0.1, -0.05) is 12.1 Å². The van der Waals surface area contributed by atoms with E-state index >= 15 is 0 Å². The van der Waals surface area contributed by atoms with Gasteiger partial charge in [-0.05, 0) is 24.1 Å². The number of aliphatic hydroxyl groups is 1. The van der Waals surface area contributed by atoms with Crippen LogP contribution in [0.15, 0.2) is 24.3 Å². The smallest absolute Gasteiger partial charge is 0.326 e. The van der Waals surface area contributed by atoms with Crippen LogP contribution in [-0.2, 0) is 14.4 Å². The predicted molar refractivity (Wildman–Crippen MR) is 76.6 cm³/mol. The van der Waals surface area contributed by atoms with Crippen molar-refractivity contribution in [2.24, 2.45) is 0 Å². The Balaban J connectivity index is 2.69. The van der Waals surface area contributed by atoms with E-state index in [-0.39, 0.29) is 24.2 Å². The topological polar surface area (TPSA) is 160 Å². The van der Waals surface area contributed by atoms with Crippen LogP contribution < -0.4 is 5.32 Å². The molecule has 23 heavy (non-hydrogen) atoms. The number of phenols is 1. The average Bonchev–Trinajstić information content (AvgIpc) is 2.51. The number of aliphatic hydroxyl groups excluding tert-OH is 1. The molecular formula is C14H15N3O6. The van der Waals surface area contributed by atoms with Crippen LogP contribution >= 0.6 is 0 Å². The predicted octanol–water partition coefficient (Wildman–Crippen LogP) is -0.355. The van der Waals surface area contributed by atoms with E-state index in [4.69, 9.17) is 15.7 Å². The summed E-state index contributed by atoms with van der Waals surface area (Å²) in [6.07, 6.45) is -1.47. The number of nitrogens with one attached hydrogen (secondary N) is 1. The number of carboxylic acid groups (broad SMARTS) is 1. The van der Waals surface area contributed by atoms with Crippen molar-refractivity contribution in [3.8, 4) is 5.75 Å². The fraction of sp³-hybridized carbons (Fsp3) is 0.286. The molecule has 2 atom stereocenters.